The summed E-state index contributed by atoms with van der Waals surface area (Å²) in [6.45, 7) is 0.949. The Balaban J connectivity index is 1.95. The largest absolute Gasteiger partial charge is 0.493 e. The van der Waals surface area contributed by atoms with Crippen LogP contribution in [0.4, 0.5) is 8.78 Å². The van der Waals surface area contributed by atoms with E-state index in [1.807, 2.05) is 13.8 Å². The molecule has 0 spiro atoms. The quantitative estimate of drug-likeness (QED) is 0.835. The zero-order valence-corrected chi connectivity index (χ0v) is 13.3. The van der Waals surface area contributed by atoms with Crippen LogP contribution < -0.4 is 14.8 Å². The van der Waals surface area contributed by atoms with Crippen molar-refractivity contribution in [3.05, 3.63) is 23.8 Å². The molecule has 0 unspecified atom stereocenters. The molecule has 0 radical (unpaired) electrons. The second-order valence-corrected chi connectivity index (χ2v) is 5.69. The number of methoxy groups -OCH3 is 1. The van der Waals surface area contributed by atoms with E-state index >= 15 is 0 Å². The van der Waals surface area contributed by atoms with Gasteiger partial charge in [-0.15, -0.1) is 0 Å². The maximum absolute atomic E-state index is 12.4. The van der Waals surface area contributed by atoms with E-state index in [0.29, 0.717) is 0 Å². The van der Waals surface area contributed by atoms with Crippen molar-refractivity contribution in [3.63, 3.8) is 0 Å². The summed E-state index contributed by atoms with van der Waals surface area (Å²) in [7, 11) is 1.34. The van der Waals surface area contributed by atoms with Crippen LogP contribution in [0.15, 0.2) is 18.2 Å². The molecule has 2 rings (SSSR count). The second-order valence-electron chi connectivity index (χ2n) is 5.69. The lowest BCUT2D eigenvalue weighted by Crippen LogP contribution is -2.48. The van der Waals surface area contributed by atoms with Gasteiger partial charge in [0.15, 0.2) is 11.5 Å². The van der Waals surface area contributed by atoms with E-state index in [4.69, 9.17) is 9.47 Å². The molecule has 0 aromatic heterocycles. The number of nitrogens with one attached hydrogen (secondary N) is 1. The summed E-state index contributed by atoms with van der Waals surface area (Å²) >= 11 is 0. The first kappa shape index (κ1) is 17.5. The van der Waals surface area contributed by atoms with Crippen LogP contribution >= 0.6 is 0 Å². The van der Waals surface area contributed by atoms with Gasteiger partial charge in [0, 0.05) is 11.6 Å². The fraction of sp³-hybridized carbons (Fsp3) is 0.562. The Morgan fingerprint density at radius 2 is 1.96 bits per heavy atom. The minimum absolute atomic E-state index is 0.0350. The predicted molar refractivity (Wildman–Crippen MR) is 80.1 cm³/mol. The first-order valence-corrected chi connectivity index (χ1v) is 7.48. The zero-order valence-electron chi connectivity index (χ0n) is 13.3. The van der Waals surface area contributed by atoms with Crippen LogP contribution in [0.25, 0.3) is 0 Å². The molecule has 5 nitrogen and oxygen atoms in total. The van der Waals surface area contributed by atoms with Crippen molar-refractivity contribution in [1.82, 2.24) is 5.32 Å². The molecule has 0 saturated heterocycles. The van der Waals surface area contributed by atoms with Gasteiger partial charge in [-0.05, 0) is 44.9 Å². The van der Waals surface area contributed by atoms with E-state index in [9.17, 15) is 13.6 Å². The van der Waals surface area contributed by atoms with Gasteiger partial charge in [0.05, 0.1) is 19.3 Å². The lowest BCUT2D eigenvalue weighted by atomic mass is 9.89. The fourth-order valence-electron chi connectivity index (χ4n) is 2.45. The fourth-order valence-corrected chi connectivity index (χ4v) is 2.45. The van der Waals surface area contributed by atoms with E-state index in [-0.39, 0.29) is 41.2 Å². The molecule has 0 bridgehead atoms. The molecule has 1 aliphatic carbocycles. The Hall–Kier alpha value is -1.89. The Labute approximate surface area is 133 Å². The molecule has 128 valence electrons. The number of carbonyl (C=O) groups excluding carboxylic acids is 1. The van der Waals surface area contributed by atoms with E-state index in [1.165, 1.54) is 25.3 Å². The van der Waals surface area contributed by atoms with Gasteiger partial charge in [0.25, 0.3) is 5.91 Å². The highest BCUT2D eigenvalue weighted by Crippen LogP contribution is 2.30. The van der Waals surface area contributed by atoms with Crippen LogP contribution in [0.2, 0.25) is 0 Å². The molecule has 7 heteroatoms. The average molecular weight is 329 g/mol. The third-order valence-corrected chi connectivity index (χ3v) is 3.54. The van der Waals surface area contributed by atoms with Crippen molar-refractivity contribution in [2.24, 2.45) is 0 Å². The molecule has 1 fully saturated rings. The molecule has 0 heterocycles. The highest BCUT2D eigenvalue weighted by molar-refractivity contribution is 5.95. The van der Waals surface area contributed by atoms with Gasteiger partial charge >= 0.3 is 6.61 Å². The molecule has 0 atom stereocenters. The van der Waals surface area contributed by atoms with Crippen LogP contribution in [0.5, 0.6) is 11.5 Å². The smallest absolute Gasteiger partial charge is 0.387 e. The highest BCUT2D eigenvalue weighted by Gasteiger charge is 2.32. The Bertz CT molecular complexity index is 545. The van der Waals surface area contributed by atoms with Crippen LogP contribution in [0, 0.1) is 0 Å². The minimum Gasteiger partial charge on any atom is -0.493 e. The first-order valence-electron chi connectivity index (χ1n) is 7.48. The molecule has 1 aliphatic rings. The number of rotatable bonds is 7. The monoisotopic (exact) mass is 329 g/mol. The standard InChI is InChI=1S/C16H21F2NO4/c1-9(2)22-12-7-11(8-12)19-15(20)10-4-5-13(21-3)14(6-10)23-16(17)18/h4-6,9,11-12,16H,7-8H2,1-3H3,(H,19,20). The van der Waals surface area contributed by atoms with Crippen molar-refractivity contribution in [1.29, 1.82) is 0 Å². The van der Waals surface area contributed by atoms with Crippen molar-refractivity contribution in [2.75, 3.05) is 7.11 Å². The van der Waals surface area contributed by atoms with E-state index in [2.05, 4.69) is 10.1 Å². The molecule has 23 heavy (non-hydrogen) atoms. The summed E-state index contributed by atoms with van der Waals surface area (Å²) in [5, 5.41) is 2.85. The summed E-state index contributed by atoms with van der Waals surface area (Å²) in [6.07, 6.45) is 1.82. The number of halogens is 2. The third kappa shape index (κ3) is 4.79. The summed E-state index contributed by atoms with van der Waals surface area (Å²) in [5.41, 5.74) is 0.245. The topological polar surface area (TPSA) is 56.8 Å². The van der Waals surface area contributed by atoms with E-state index in [1.54, 1.807) is 0 Å². The molecule has 1 aromatic carbocycles. The number of ether oxygens (including phenoxy) is 3. The van der Waals surface area contributed by atoms with Crippen LogP contribution in [0.3, 0.4) is 0 Å². The Kier molecular flexibility index (Phi) is 5.76. The van der Waals surface area contributed by atoms with Gasteiger partial charge in [-0.3, -0.25) is 4.79 Å². The maximum atomic E-state index is 12.4. The molecule has 1 amide bonds. The van der Waals surface area contributed by atoms with Gasteiger partial charge in [0.2, 0.25) is 0 Å². The summed E-state index contributed by atoms with van der Waals surface area (Å²) in [5.74, 6) is -0.347. The first-order chi connectivity index (χ1) is 10.9. The molecule has 1 aromatic rings. The van der Waals surface area contributed by atoms with Crippen LogP contribution in [-0.4, -0.2) is 37.9 Å². The molecule has 0 aliphatic heterocycles. The average Bonchev–Trinajstić information content (AvgIpc) is 2.43. The second kappa shape index (κ2) is 7.59. The van der Waals surface area contributed by atoms with Gasteiger partial charge in [-0.2, -0.15) is 8.78 Å². The van der Waals surface area contributed by atoms with Crippen molar-refractivity contribution < 1.29 is 27.8 Å². The minimum atomic E-state index is -2.98. The number of carbonyl (C=O) groups is 1. The summed E-state index contributed by atoms with van der Waals surface area (Å²) in [6, 6.07) is 4.22. The summed E-state index contributed by atoms with van der Waals surface area (Å²) in [4.78, 5) is 12.2. The lowest BCUT2D eigenvalue weighted by molar-refractivity contribution is -0.0515. The van der Waals surface area contributed by atoms with Crippen LogP contribution in [-0.2, 0) is 4.74 Å². The molecular formula is C16H21F2NO4. The lowest BCUT2D eigenvalue weighted by Gasteiger charge is -2.36. The predicted octanol–water partition coefficient (Wildman–Crippen LogP) is 2.98. The van der Waals surface area contributed by atoms with E-state index in [0.717, 1.165) is 12.8 Å². The number of amides is 1. The highest BCUT2D eigenvalue weighted by atomic mass is 19.3. The molecule has 1 N–H and O–H groups in total. The van der Waals surface area contributed by atoms with Crippen molar-refractivity contribution in [3.8, 4) is 11.5 Å². The molecular weight excluding hydrogens is 308 g/mol. The third-order valence-electron chi connectivity index (χ3n) is 3.54. The normalized spacial score (nSPS) is 20.3. The number of hydrogen-bond acceptors (Lipinski definition) is 4. The molecule has 1 saturated carbocycles. The van der Waals surface area contributed by atoms with E-state index < -0.39 is 6.61 Å². The Morgan fingerprint density at radius 1 is 1.26 bits per heavy atom. The maximum Gasteiger partial charge on any atom is 0.387 e. The summed E-state index contributed by atoms with van der Waals surface area (Å²) < 4.78 is 39.7. The van der Waals surface area contributed by atoms with Gasteiger partial charge < -0.3 is 19.5 Å². The van der Waals surface area contributed by atoms with Gasteiger partial charge in [0.1, 0.15) is 0 Å². The number of alkyl halides is 2. The van der Waals surface area contributed by atoms with Crippen LogP contribution in [0.1, 0.15) is 37.0 Å². The van der Waals surface area contributed by atoms with Gasteiger partial charge in [-0.1, -0.05) is 0 Å². The number of benzene rings is 1. The van der Waals surface area contributed by atoms with Crippen molar-refractivity contribution >= 4 is 5.91 Å². The van der Waals surface area contributed by atoms with Crippen molar-refractivity contribution in [2.45, 2.75) is 51.6 Å². The number of hydrogen-bond donors (Lipinski definition) is 1. The SMILES string of the molecule is COc1ccc(C(=O)NC2CC(OC(C)C)C2)cc1OC(F)F. The Morgan fingerprint density at radius 3 is 2.52 bits per heavy atom. The zero-order chi connectivity index (χ0) is 17.0. The van der Waals surface area contributed by atoms with Gasteiger partial charge in [-0.25, -0.2) is 0 Å².